The fraction of sp³-hybridized carbons (Fsp3) is 0.500. The predicted molar refractivity (Wildman–Crippen MR) is 126 cm³/mol. The van der Waals surface area contributed by atoms with Gasteiger partial charge in [-0.3, -0.25) is 4.90 Å². The van der Waals surface area contributed by atoms with Gasteiger partial charge in [0.15, 0.2) is 5.96 Å². The van der Waals surface area contributed by atoms with Crippen LogP contribution >= 0.6 is 0 Å². The first kappa shape index (κ1) is 22.1. The quantitative estimate of drug-likeness (QED) is 0.544. The van der Waals surface area contributed by atoms with Gasteiger partial charge in [-0.05, 0) is 49.9 Å². The van der Waals surface area contributed by atoms with Gasteiger partial charge in [0.05, 0.1) is 6.54 Å². The summed E-state index contributed by atoms with van der Waals surface area (Å²) in [7, 11) is 4.01. The van der Waals surface area contributed by atoms with Crippen LogP contribution in [0.2, 0.25) is 0 Å². The second-order valence-electron chi connectivity index (χ2n) is 8.28. The van der Waals surface area contributed by atoms with Crippen molar-refractivity contribution in [2.24, 2.45) is 4.99 Å². The van der Waals surface area contributed by atoms with Crippen LogP contribution in [0.5, 0.6) is 0 Å². The molecule has 1 aliphatic rings. The van der Waals surface area contributed by atoms with E-state index in [4.69, 9.17) is 4.99 Å². The largest absolute Gasteiger partial charge is 0.363 e. The minimum Gasteiger partial charge on any atom is -0.363 e. The molecule has 3 rings (SSSR count). The summed E-state index contributed by atoms with van der Waals surface area (Å²) in [5.41, 5.74) is 2.55. The molecule has 1 aliphatic heterocycles. The number of benzene rings is 1. The molecule has 0 spiro atoms. The summed E-state index contributed by atoms with van der Waals surface area (Å²) in [5, 5.41) is 7.07. The van der Waals surface area contributed by atoms with Crippen molar-refractivity contribution >= 4 is 11.8 Å². The van der Waals surface area contributed by atoms with E-state index in [1.165, 1.54) is 5.56 Å². The van der Waals surface area contributed by atoms with Crippen molar-refractivity contribution in [3.63, 3.8) is 0 Å². The van der Waals surface area contributed by atoms with Crippen molar-refractivity contribution < 1.29 is 0 Å². The van der Waals surface area contributed by atoms with Gasteiger partial charge in [-0.2, -0.15) is 0 Å². The van der Waals surface area contributed by atoms with Crippen LogP contribution in [-0.2, 0) is 13.1 Å². The van der Waals surface area contributed by atoms with Crippen LogP contribution in [0.4, 0.5) is 5.82 Å². The molecular formula is C24H36N6. The molecule has 0 amide bonds. The first-order chi connectivity index (χ1) is 14.5. The van der Waals surface area contributed by atoms with Crippen LogP contribution in [0.3, 0.4) is 0 Å². The first-order valence-corrected chi connectivity index (χ1v) is 11.0. The third kappa shape index (κ3) is 6.46. The summed E-state index contributed by atoms with van der Waals surface area (Å²) >= 11 is 0. The van der Waals surface area contributed by atoms with Crippen LogP contribution in [0, 0.1) is 0 Å². The summed E-state index contributed by atoms with van der Waals surface area (Å²) in [6, 6.07) is 15.9. The Morgan fingerprint density at radius 1 is 1.20 bits per heavy atom. The van der Waals surface area contributed by atoms with Gasteiger partial charge in [-0.1, -0.05) is 30.3 Å². The van der Waals surface area contributed by atoms with Gasteiger partial charge in [0.25, 0.3) is 0 Å². The summed E-state index contributed by atoms with van der Waals surface area (Å²) in [4.78, 5) is 13.8. The van der Waals surface area contributed by atoms with Crippen molar-refractivity contribution in [3.8, 4) is 0 Å². The van der Waals surface area contributed by atoms with E-state index in [0.717, 1.165) is 49.8 Å². The second kappa shape index (κ2) is 11.0. The Balaban J connectivity index is 1.56. The number of likely N-dealkylation sites (tertiary alicyclic amines) is 1. The number of piperidine rings is 1. The highest BCUT2D eigenvalue weighted by Crippen LogP contribution is 2.20. The molecule has 2 unspecified atom stereocenters. The Morgan fingerprint density at radius 3 is 2.70 bits per heavy atom. The fourth-order valence-electron chi connectivity index (χ4n) is 3.89. The molecule has 6 heteroatoms. The minimum atomic E-state index is 0.444. The number of nitrogens with zero attached hydrogens (tertiary/aromatic N) is 4. The lowest BCUT2D eigenvalue weighted by atomic mass is 9.97. The van der Waals surface area contributed by atoms with E-state index in [0.29, 0.717) is 18.6 Å². The SMILES string of the molecule is CCNC(=NCc1ccnc(N(C)C)c1)NC1CCN(Cc2ccccc2)C(C)C1. The Kier molecular flexibility index (Phi) is 8.08. The van der Waals surface area contributed by atoms with Crippen LogP contribution in [-0.4, -0.2) is 55.1 Å². The van der Waals surface area contributed by atoms with Crippen LogP contribution in [0.15, 0.2) is 53.7 Å². The monoisotopic (exact) mass is 408 g/mol. The molecule has 0 radical (unpaired) electrons. The number of anilines is 1. The van der Waals surface area contributed by atoms with Gasteiger partial charge in [0, 0.05) is 52.0 Å². The highest BCUT2D eigenvalue weighted by Gasteiger charge is 2.25. The topological polar surface area (TPSA) is 55.8 Å². The van der Waals surface area contributed by atoms with Gasteiger partial charge in [-0.15, -0.1) is 0 Å². The predicted octanol–water partition coefficient (Wildman–Crippen LogP) is 3.26. The van der Waals surface area contributed by atoms with Gasteiger partial charge in [-0.25, -0.2) is 9.98 Å². The zero-order chi connectivity index (χ0) is 21.3. The minimum absolute atomic E-state index is 0.444. The maximum absolute atomic E-state index is 4.82. The molecule has 162 valence electrons. The van der Waals surface area contributed by atoms with E-state index in [-0.39, 0.29) is 0 Å². The van der Waals surface area contributed by atoms with E-state index < -0.39 is 0 Å². The second-order valence-corrected chi connectivity index (χ2v) is 8.28. The highest BCUT2D eigenvalue weighted by atomic mass is 15.2. The van der Waals surface area contributed by atoms with E-state index >= 15 is 0 Å². The summed E-state index contributed by atoms with van der Waals surface area (Å²) < 4.78 is 0. The lowest BCUT2D eigenvalue weighted by molar-refractivity contribution is 0.134. The van der Waals surface area contributed by atoms with Crippen molar-refractivity contribution in [2.75, 3.05) is 32.1 Å². The molecule has 2 atom stereocenters. The van der Waals surface area contributed by atoms with Crippen molar-refractivity contribution in [2.45, 2.75) is 51.9 Å². The molecule has 2 heterocycles. The fourth-order valence-corrected chi connectivity index (χ4v) is 3.89. The van der Waals surface area contributed by atoms with Gasteiger partial charge in [0.1, 0.15) is 5.82 Å². The number of rotatable bonds is 7. The normalized spacial score (nSPS) is 20.1. The Bertz CT molecular complexity index is 804. The number of aliphatic imine (C=N–C) groups is 1. The molecule has 0 bridgehead atoms. The standard InChI is InChI=1S/C24H36N6/c1-5-25-24(27-17-21-11-13-26-23(16-21)29(3)4)28-22-12-14-30(19(2)15-22)18-20-9-7-6-8-10-20/h6-11,13,16,19,22H,5,12,14-15,17-18H2,1-4H3,(H2,25,27,28). The number of aromatic nitrogens is 1. The van der Waals surface area contributed by atoms with E-state index in [1.807, 2.05) is 31.3 Å². The third-order valence-electron chi connectivity index (χ3n) is 5.62. The number of pyridine rings is 1. The molecule has 2 N–H and O–H groups in total. The average molecular weight is 409 g/mol. The Labute approximate surface area is 181 Å². The molecule has 1 aromatic heterocycles. The average Bonchev–Trinajstić information content (AvgIpc) is 2.75. The Hall–Kier alpha value is -2.60. The van der Waals surface area contributed by atoms with Crippen molar-refractivity contribution in [1.82, 2.24) is 20.5 Å². The van der Waals surface area contributed by atoms with Gasteiger partial charge < -0.3 is 15.5 Å². The van der Waals surface area contributed by atoms with Crippen molar-refractivity contribution in [1.29, 1.82) is 0 Å². The summed E-state index contributed by atoms with van der Waals surface area (Å²) in [6.07, 6.45) is 4.10. The molecule has 1 saturated heterocycles. The maximum atomic E-state index is 4.82. The summed E-state index contributed by atoms with van der Waals surface area (Å²) in [6.45, 7) is 8.07. The van der Waals surface area contributed by atoms with Crippen molar-refractivity contribution in [3.05, 3.63) is 59.8 Å². The maximum Gasteiger partial charge on any atom is 0.191 e. The first-order valence-electron chi connectivity index (χ1n) is 11.0. The smallest absolute Gasteiger partial charge is 0.191 e. The Morgan fingerprint density at radius 2 is 2.00 bits per heavy atom. The van der Waals surface area contributed by atoms with E-state index in [9.17, 15) is 0 Å². The molecule has 1 fully saturated rings. The lowest BCUT2D eigenvalue weighted by Gasteiger charge is -2.38. The van der Waals surface area contributed by atoms with Gasteiger partial charge in [0.2, 0.25) is 0 Å². The number of guanidine groups is 1. The van der Waals surface area contributed by atoms with E-state index in [1.54, 1.807) is 0 Å². The molecule has 2 aromatic rings. The van der Waals surface area contributed by atoms with E-state index in [2.05, 4.69) is 70.8 Å². The molecule has 1 aromatic carbocycles. The highest BCUT2D eigenvalue weighted by molar-refractivity contribution is 5.80. The molecule has 0 saturated carbocycles. The molecular weight excluding hydrogens is 372 g/mol. The summed E-state index contributed by atoms with van der Waals surface area (Å²) in [5.74, 6) is 1.86. The van der Waals surface area contributed by atoms with Gasteiger partial charge >= 0.3 is 0 Å². The number of hydrogen-bond acceptors (Lipinski definition) is 4. The zero-order valence-corrected chi connectivity index (χ0v) is 18.8. The van der Waals surface area contributed by atoms with Crippen LogP contribution in [0.1, 0.15) is 37.8 Å². The molecule has 6 nitrogen and oxygen atoms in total. The third-order valence-corrected chi connectivity index (χ3v) is 5.62. The molecule has 0 aliphatic carbocycles. The lowest BCUT2D eigenvalue weighted by Crippen LogP contribution is -2.51. The van der Waals surface area contributed by atoms with Crippen LogP contribution in [0.25, 0.3) is 0 Å². The number of hydrogen-bond donors (Lipinski definition) is 2. The number of nitrogens with one attached hydrogen (secondary N) is 2. The van der Waals surface area contributed by atoms with Crippen LogP contribution < -0.4 is 15.5 Å². The zero-order valence-electron chi connectivity index (χ0n) is 18.8. The molecule has 30 heavy (non-hydrogen) atoms.